The monoisotopic (exact) mass is 455 g/mol. The van der Waals surface area contributed by atoms with Crippen LogP contribution >= 0.6 is 0 Å². The number of carbonyl (C=O) groups is 1. The molecule has 0 fully saturated rings. The standard InChI is InChI=1S/C30H33NO3/c1-5-31(6-2)17-12-18-33-29-21(3)19-24(20-22(29)4)28(32)27-25-15-10-11-16-26(25)34-30(27)23-13-8-7-9-14-23/h7-11,13-16,19-20H,5-6,12,17-18H2,1-4H3. The molecule has 4 heteroatoms. The third-order valence-corrected chi connectivity index (χ3v) is 6.34. The molecule has 176 valence electrons. The number of para-hydroxylation sites is 1. The van der Waals surface area contributed by atoms with E-state index in [1.165, 1.54) is 0 Å². The second-order valence-electron chi connectivity index (χ2n) is 8.67. The lowest BCUT2D eigenvalue weighted by Gasteiger charge is -2.19. The van der Waals surface area contributed by atoms with Gasteiger partial charge in [-0.1, -0.05) is 62.4 Å². The molecular formula is C30H33NO3. The first-order valence-electron chi connectivity index (χ1n) is 12.1. The zero-order valence-electron chi connectivity index (χ0n) is 20.6. The molecule has 0 saturated carbocycles. The van der Waals surface area contributed by atoms with Crippen molar-refractivity contribution in [1.29, 1.82) is 0 Å². The van der Waals surface area contributed by atoms with E-state index in [-0.39, 0.29) is 5.78 Å². The lowest BCUT2D eigenvalue weighted by atomic mass is 9.95. The number of hydrogen-bond acceptors (Lipinski definition) is 4. The summed E-state index contributed by atoms with van der Waals surface area (Å²) in [5.41, 5.74) is 4.80. The first kappa shape index (κ1) is 23.8. The van der Waals surface area contributed by atoms with Crippen LogP contribution in [-0.4, -0.2) is 36.9 Å². The van der Waals surface area contributed by atoms with Gasteiger partial charge in [-0.15, -0.1) is 0 Å². The summed E-state index contributed by atoms with van der Waals surface area (Å²) in [5, 5.41) is 0.832. The van der Waals surface area contributed by atoms with Crippen LogP contribution in [0, 0.1) is 13.8 Å². The first-order valence-corrected chi connectivity index (χ1v) is 12.1. The van der Waals surface area contributed by atoms with E-state index in [0.29, 0.717) is 29.1 Å². The Bertz CT molecular complexity index is 1250. The smallest absolute Gasteiger partial charge is 0.197 e. The van der Waals surface area contributed by atoms with Crippen LogP contribution in [0.15, 0.2) is 71.1 Å². The van der Waals surface area contributed by atoms with Crippen molar-refractivity contribution in [2.45, 2.75) is 34.1 Å². The molecule has 0 saturated heterocycles. The van der Waals surface area contributed by atoms with Gasteiger partial charge in [-0.25, -0.2) is 0 Å². The summed E-state index contributed by atoms with van der Waals surface area (Å²) in [6.45, 7) is 12.2. The van der Waals surface area contributed by atoms with Gasteiger partial charge in [-0.2, -0.15) is 0 Å². The summed E-state index contributed by atoms with van der Waals surface area (Å²) >= 11 is 0. The highest BCUT2D eigenvalue weighted by atomic mass is 16.5. The predicted octanol–water partition coefficient (Wildman–Crippen LogP) is 7.06. The molecule has 3 aromatic carbocycles. The summed E-state index contributed by atoms with van der Waals surface area (Å²) in [5.74, 6) is 1.44. The Balaban J connectivity index is 1.63. The molecule has 0 spiro atoms. The minimum atomic E-state index is -0.0388. The van der Waals surface area contributed by atoms with E-state index in [2.05, 4.69) is 18.7 Å². The second kappa shape index (κ2) is 10.7. The van der Waals surface area contributed by atoms with Crippen molar-refractivity contribution in [3.8, 4) is 17.1 Å². The van der Waals surface area contributed by atoms with Gasteiger partial charge in [0.2, 0.25) is 0 Å². The molecule has 4 aromatic rings. The molecule has 0 atom stereocenters. The molecule has 4 nitrogen and oxygen atoms in total. The summed E-state index contributed by atoms with van der Waals surface area (Å²) < 4.78 is 12.3. The summed E-state index contributed by atoms with van der Waals surface area (Å²) in [7, 11) is 0. The van der Waals surface area contributed by atoms with Crippen LogP contribution in [0.25, 0.3) is 22.3 Å². The molecule has 0 bridgehead atoms. The van der Waals surface area contributed by atoms with E-state index in [1.807, 2.05) is 80.6 Å². The third-order valence-electron chi connectivity index (χ3n) is 6.34. The highest BCUT2D eigenvalue weighted by Crippen LogP contribution is 2.36. The largest absolute Gasteiger partial charge is 0.493 e. The first-order chi connectivity index (χ1) is 16.5. The van der Waals surface area contributed by atoms with Crippen molar-refractivity contribution in [3.63, 3.8) is 0 Å². The Morgan fingerprint density at radius 1 is 0.912 bits per heavy atom. The van der Waals surface area contributed by atoms with E-state index in [1.54, 1.807) is 0 Å². The minimum Gasteiger partial charge on any atom is -0.493 e. The van der Waals surface area contributed by atoms with E-state index in [0.717, 1.165) is 53.9 Å². The number of ketones is 1. The molecule has 0 N–H and O–H groups in total. The van der Waals surface area contributed by atoms with Crippen LogP contribution in [0.5, 0.6) is 5.75 Å². The van der Waals surface area contributed by atoms with Gasteiger partial charge in [-0.3, -0.25) is 4.79 Å². The maximum absolute atomic E-state index is 13.8. The van der Waals surface area contributed by atoms with Crippen molar-refractivity contribution in [2.24, 2.45) is 0 Å². The summed E-state index contributed by atoms with van der Waals surface area (Å²) in [6.07, 6.45) is 0.975. The number of fused-ring (bicyclic) bond motifs is 1. The molecule has 0 amide bonds. The number of rotatable bonds is 10. The quantitative estimate of drug-likeness (QED) is 0.190. The Hall–Kier alpha value is -3.37. The predicted molar refractivity (Wildman–Crippen MR) is 139 cm³/mol. The van der Waals surface area contributed by atoms with E-state index < -0.39 is 0 Å². The number of hydrogen-bond donors (Lipinski definition) is 0. The number of nitrogens with zero attached hydrogens (tertiary/aromatic N) is 1. The van der Waals surface area contributed by atoms with Crippen molar-refractivity contribution in [3.05, 3.63) is 89.0 Å². The fourth-order valence-corrected chi connectivity index (χ4v) is 4.52. The lowest BCUT2D eigenvalue weighted by molar-refractivity contribution is 0.104. The summed E-state index contributed by atoms with van der Waals surface area (Å²) in [4.78, 5) is 16.2. The van der Waals surface area contributed by atoms with Gasteiger partial charge >= 0.3 is 0 Å². The van der Waals surface area contributed by atoms with Gasteiger partial charge in [-0.05, 0) is 62.7 Å². The Morgan fingerprint density at radius 2 is 1.56 bits per heavy atom. The van der Waals surface area contributed by atoms with Crippen LogP contribution in [-0.2, 0) is 0 Å². The lowest BCUT2D eigenvalue weighted by Crippen LogP contribution is -2.25. The number of benzene rings is 3. The van der Waals surface area contributed by atoms with E-state index in [9.17, 15) is 4.79 Å². The molecule has 0 unspecified atom stereocenters. The average Bonchev–Trinajstić information content (AvgIpc) is 3.25. The average molecular weight is 456 g/mol. The number of carbonyl (C=O) groups excluding carboxylic acids is 1. The SMILES string of the molecule is CCN(CC)CCCOc1c(C)cc(C(=O)c2c(-c3ccccc3)oc3ccccc23)cc1C. The zero-order valence-corrected chi connectivity index (χ0v) is 20.6. The summed E-state index contributed by atoms with van der Waals surface area (Å²) in [6, 6.07) is 21.4. The van der Waals surface area contributed by atoms with E-state index >= 15 is 0 Å². The highest BCUT2D eigenvalue weighted by molar-refractivity contribution is 6.19. The van der Waals surface area contributed by atoms with Crippen LogP contribution in [0.2, 0.25) is 0 Å². The van der Waals surface area contributed by atoms with Gasteiger partial charge in [0.25, 0.3) is 0 Å². The second-order valence-corrected chi connectivity index (χ2v) is 8.67. The van der Waals surface area contributed by atoms with Gasteiger partial charge in [0, 0.05) is 23.1 Å². The Morgan fingerprint density at radius 3 is 2.24 bits per heavy atom. The van der Waals surface area contributed by atoms with E-state index in [4.69, 9.17) is 9.15 Å². The fraction of sp³-hybridized carbons (Fsp3) is 0.300. The minimum absolute atomic E-state index is 0.0388. The van der Waals surface area contributed by atoms with Crippen LogP contribution in [0.4, 0.5) is 0 Å². The molecule has 0 aliphatic carbocycles. The molecule has 0 aliphatic rings. The fourth-order valence-electron chi connectivity index (χ4n) is 4.52. The topological polar surface area (TPSA) is 42.7 Å². The zero-order chi connectivity index (χ0) is 24.1. The van der Waals surface area contributed by atoms with Crippen LogP contribution in [0.1, 0.15) is 47.3 Å². The van der Waals surface area contributed by atoms with Crippen molar-refractivity contribution in [2.75, 3.05) is 26.2 Å². The maximum atomic E-state index is 13.8. The maximum Gasteiger partial charge on any atom is 0.197 e. The molecule has 1 heterocycles. The Kier molecular flexibility index (Phi) is 7.49. The van der Waals surface area contributed by atoms with Crippen molar-refractivity contribution >= 4 is 16.8 Å². The molecule has 1 aromatic heterocycles. The highest BCUT2D eigenvalue weighted by Gasteiger charge is 2.24. The van der Waals surface area contributed by atoms with Gasteiger partial charge in [0.15, 0.2) is 5.78 Å². The normalized spacial score (nSPS) is 11.3. The molecule has 34 heavy (non-hydrogen) atoms. The molecule has 0 aliphatic heterocycles. The van der Waals surface area contributed by atoms with Crippen molar-refractivity contribution in [1.82, 2.24) is 4.90 Å². The number of ether oxygens (including phenoxy) is 1. The Labute approximate surface area is 202 Å². The molecule has 4 rings (SSSR count). The molecule has 0 radical (unpaired) electrons. The van der Waals surface area contributed by atoms with Crippen LogP contribution in [0.3, 0.4) is 0 Å². The number of furan rings is 1. The molecular weight excluding hydrogens is 422 g/mol. The van der Waals surface area contributed by atoms with Gasteiger partial charge in [0.1, 0.15) is 17.1 Å². The van der Waals surface area contributed by atoms with Gasteiger partial charge in [0.05, 0.1) is 12.2 Å². The van der Waals surface area contributed by atoms with Crippen LogP contribution < -0.4 is 4.74 Å². The van der Waals surface area contributed by atoms with Crippen molar-refractivity contribution < 1.29 is 13.9 Å². The van der Waals surface area contributed by atoms with Gasteiger partial charge < -0.3 is 14.1 Å². The third kappa shape index (κ3) is 4.92. The number of aryl methyl sites for hydroxylation is 2.